The minimum Gasteiger partial charge on any atom is -0.489 e. The van der Waals surface area contributed by atoms with Crippen molar-refractivity contribution in [3.63, 3.8) is 0 Å². The fourth-order valence-corrected chi connectivity index (χ4v) is 3.85. The first-order valence-corrected chi connectivity index (χ1v) is 9.09. The second-order valence-electron chi connectivity index (χ2n) is 6.95. The van der Waals surface area contributed by atoms with Crippen LogP contribution in [0.4, 0.5) is 0 Å². The van der Waals surface area contributed by atoms with Crippen molar-refractivity contribution in [3.8, 4) is 5.75 Å². The molecule has 2 atom stereocenters. The summed E-state index contributed by atoms with van der Waals surface area (Å²) in [4.78, 5) is 14.8. The maximum absolute atomic E-state index is 12.7. The van der Waals surface area contributed by atoms with Gasteiger partial charge in [-0.15, -0.1) is 0 Å². The number of carbonyl (C=O) groups is 1. The zero-order valence-electron chi connectivity index (χ0n) is 14.4. The summed E-state index contributed by atoms with van der Waals surface area (Å²) in [6.07, 6.45) is 2.25. The van der Waals surface area contributed by atoms with Crippen LogP contribution < -0.4 is 10.1 Å². The molecule has 4 rings (SSSR count). The third-order valence-electron chi connectivity index (χ3n) is 5.29. The quantitative estimate of drug-likeness (QED) is 0.933. The van der Waals surface area contributed by atoms with Crippen LogP contribution in [0.5, 0.6) is 5.75 Å². The molecule has 0 aromatic heterocycles. The first kappa shape index (κ1) is 16.2. The Morgan fingerprint density at radius 1 is 1.08 bits per heavy atom. The number of hydrogen-bond acceptors (Lipinski definition) is 3. The Hall–Kier alpha value is -2.33. The fourth-order valence-electron chi connectivity index (χ4n) is 3.85. The lowest BCUT2D eigenvalue weighted by Crippen LogP contribution is -2.46. The smallest absolute Gasteiger partial charge is 0.253 e. The van der Waals surface area contributed by atoms with Crippen LogP contribution in [-0.2, 0) is 6.61 Å². The van der Waals surface area contributed by atoms with E-state index < -0.39 is 0 Å². The molecule has 0 saturated carbocycles. The minimum atomic E-state index is 0.139. The van der Waals surface area contributed by atoms with Gasteiger partial charge in [0.1, 0.15) is 12.4 Å². The van der Waals surface area contributed by atoms with Gasteiger partial charge < -0.3 is 15.0 Å². The third kappa shape index (κ3) is 3.69. The highest BCUT2D eigenvalue weighted by molar-refractivity contribution is 5.94. The molecule has 1 N–H and O–H groups in total. The van der Waals surface area contributed by atoms with Crippen molar-refractivity contribution in [2.24, 2.45) is 5.92 Å². The molecule has 0 spiro atoms. The topological polar surface area (TPSA) is 41.6 Å². The van der Waals surface area contributed by atoms with E-state index in [0.29, 0.717) is 18.6 Å². The molecule has 0 bridgehead atoms. The summed E-state index contributed by atoms with van der Waals surface area (Å²) in [6.45, 7) is 3.35. The molecule has 25 heavy (non-hydrogen) atoms. The normalized spacial score (nSPS) is 22.5. The van der Waals surface area contributed by atoms with Crippen LogP contribution in [-0.4, -0.2) is 36.5 Å². The summed E-state index contributed by atoms with van der Waals surface area (Å²) >= 11 is 0. The second kappa shape index (κ2) is 7.28. The molecule has 4 heteroatoms. The summed E-state index contributed by atoms with van der Waals surface area (Å²) in [7, 11) is 0. The Kier molecular flexibility index (Phi) is 4.70. The Balaban J connectivity index is 1.35. The van der Waals surface area contributed by atoms with E-state index in [-0.39, 0.29) is 5.91 Å². The molecule has 0 aliphatic carbocycles. The van der Waals surface area contributed by atoms with Crippen molar-refractivity contribution in [1.82, 2.24) is 10.2 Å². The Bertz CT molecular complexity index is 714. The maximum Gasteiger partial charge on any atom is 0.253 e. The number of fused-ring (bicyclic) bond motifs is 1. The van der Waals surface area contributed by atoms with E-state index in [0.717, 1.165) is 42.9 Å². The van der Waals surface area contributed by atoms with Crippen LogP contribution in [0.1, 0.15) is 28.8 Å². The van der Waals surface area contributed by atoms with Crippen LogP contribution in [0.25, 0.3) is 0 Å². The van der Waals surface area contributed by atoms with Crippen LogP contribution in [0.3, 0.4) is 0 Å². The standard InChI is InChI=1S/C21H24N2O2/c24-21(23-13-11-20-18(14-23)10-12-22-20)17-6-8-19(9-7-17)25-15-16-4-2-1-3-5-16/h1-9,18,20,22H,10-15H2. The van der Waals surface area contributed by atoms with E-state index in [1.54, 1.807) is 0 Å². The predicted octanol–water partition coefficient (Wildman–Crippen LogP) is 3.09. The van der Waals surface area contributed by atoms with Gasteiger partial charge in [-0.1, -0.05) is 30.3 Å². The van der Waals surface area contributed by atoms with Gasteiger partial charge in [0.15, 0.2) is 0 Å². The SMILES string of the molecule is O=C(c1ccc(OCc2ccccc2)cc1)N1CCC2NCCC2C1. The van der Waals surface area contributed by atoms with Gasteiger partial charge >= 0.3 is 0 Å². The lowest BCUT2D eigenvalue weighted by atomic mass is 9.93. The van der Waals surface area contributed by atoms with Crippen LogP contribution >= 0.6 is 0 Å². The van der Waals surface area contributed by atoms with E-state index in [2.05, 4.69) is 5.32 Å². The number of piperidine rings is 1. The first-order valence-electron chi connectivity index (χ1n) is 9.09. The number of benzene rings is 2. The predicted molar refractivity (Wildman–Crippen MR) is 97.6 cm³/mol. The van der Waals surface area contributed by atoms with E-state index in [4.69, 9.17) is 4.74 Å². The van der Waals surface area contributed by atoms with E-state index in [1.165, 1.54) is 6.42 Å². The highest BCUT2D eigenvalue weighted by Crippen LogP contribution is 2.26. The number of amides is 1. The molecule has 2 heterocycles. The van der Waals surface area contributed by atoms with Crippen molar-refractivity contribution >= 4 is 5.91 Å². The number of ether oxygens (including phenoxy) is 1. The van der Waals surface area contributed by atoms with Gasteiger partial charge in [0, 0.05) is 24.7 Å². The van der Waals surface area contributed by atoms with Gasteiger partial charge in [0.2, 0.25) is 0 Å². The second-order valence-corrected chi connectivity index (χ2v) is 6.95. The molecule has 2 aliphatic heterocycles. The Labute approximate surface area is 148 Å². The van der Waals surface area contributed by atoms with Crippen LogP contribution in [0.2, 0.25) is 0 Å². The number of likely N-dealkylation sites (tertiary alicyclic amines) is 1. The summed E-state index contributed by atoms with van der Waals surface area (Å²) < 4.78 is 5.80. The van der Waals surface area contributed by atoms with Gasteiger partial charge in [0.05, 0.1) is 0 Å². The zero-order valence-corrected chi connectivity index (χ0v) is 14.4. The monoisotopic (exact) mass is 336 g/mol. The van der Waals surface area contributed by atoms with Crippen molar-refractivity contribution in [2.75, 3.05) is 19.6 Å². The molecule has 4 nitrogen and oxygen atoms in total. The molecule has 2 aromatic rings. The summed E-state index contributed by atoms with van der Waals surface area (Å²) in [6, 6.07) is 18.2. The number of nitrogens with one attached hydrogen (secondary N) is 1. The summed E-state index contributed by atoms with van der Waals surface area (Å²) in [5, 5.41) is 3.54. The molecule has 2 aromatic carbocycles. The lowest BCUT2D eigenvalue weighted by Gasteiger charge is -2.34. The molecule has 130 valence electrons. The molecule has 2 aliphatic rings. The summed E-state index contributed by atoms with van der Waals surface area (Å²) in [5.41, 5.74) is 1.88. The fraction of sp³-hybridized carbons (Fsp3) is 0.381. The van der Waals surface area contributed by atoms with Gasteiger partial charge in [0.25, 0.3) is 5.91 Å². The zero-order chi connectivity index (χ0) is 17.1. The van der Waals surface area contributed by atoms with Crippen molar-refractivity contribution < 1.29 is 9.53 Å². The largest absolute Gasteiger partial charge is 0.489 e. The van der Waals surface area contributed by atoms with E-state index >= 15 is 0 Å². The molecule has 2 saturated heterocycles. The van der Waals surface area contributed by atoms with Gasteiger partial charge in [-0.25, -0.2) is 0 Å². The van der Waals surface area contributed by atoms with Crippen molar-refractivity contribution in [3.05, 3.63) is 65.7 Å². The third-order valence-corrected chi connectivity index (χ3v) is 5.29. The molecular weight excluding hydrogens is 312 g/mol. The molecule has 2 fully saturated rings. The summed E-state index contributed by atoms with van der Waals surface area (Å²) in [5.74, 6) is 1.55. The molecular formula is C21H24N2O2. The highest BCUT2D eigenvalue weighted by Gasteiger charge is 2.34. The Morgan fingerprint density at radius 3 is 2.68 bits per heavy atom. The molecule has 1 amide bonds. The number of nitrogens with zero attached hydrogens (tertiary/aromatic N) is 1. The number of rotatable bonds is 4. The molecule has 2 unspecified atom stereocenters. The lowest BCUT2D eigenvalue weighted by molar-refractivity contribution is 0.0662. The highest BCUT2D eigenvalue weighted by atomic mass is 16.5. The average Bonchev–Trinajstić information content (AvgIpc) is 3.15. The van der Waals surface area contributed by atoms with E-state index in [1.807, 2.05) is 59.5 Å². The van der Waals surface area contributed by atoms with E-state index in [9.17, 15) is 4.79 Å². The van der Waals surface area contributed by atoms with Gasteiger partial charge in [-0.3, -0.25) is 4.79 Å². The van der Waals surface area contributed by atoms with Crippen LogP contribution in [0, 0.1) is 5.92 Å². The minimum absolute atomic E-state index is 0.139. The van der Waals surface area contributed by atoms with Crippen molar-refractivity contribution in [2.45, 2.75) is 25.5 Å². The first-order chi connectivity index (χ1) is 12.3. The maximum atomic E-state index is 12.7. The van der Waals surface area contributed by atoms with Crippen molar-refractivity contribution in [1.29, 1.82) is 0 Å². The molecule has 0 radical (unpaired) electrons. The Morgan fingerprint density at radius 2 is 1.88 bits per heavy atom. The van der Waals surface area contributed by atoms with Gasteiger partial charge in [-0.2, -0.15) is 0 Å². The number of carbonyl (C=O) groups excluding carboxylic acids is 1. The van der Waals surface area contributed by atoms with Crippen LogP contribution in [0.15, 0.2) is 54.6 Å². The van der Waals surface area contributed by atoms with Gasteiger partial charge in [-0.05, 0) is 55.1 Å². The average molecular weight is 336 g/mol. The number of hydrogen-bond donors (Lipinski definition) is 1.